The lowest BCUT2D eigenvalue weighted by Gasteiger charge is -2.36. The Bertz CT molecular complexity index is 737. The molecule has 3 rings (SSSR count). The van der Waals surface area contributed by atoms with Crippen LogP contribution in [-0.4, -0.2) is 21.4 Å². The van der Waals surface area contributed by atoms with E-state index in [4.69, 9.17) is 4.98 Å². The summed E-state index contributed by atoms with van der Waals surface area (Å²) in [5.74, 6) is 0.836. The van der Waals surface area contributed by atoms with E-state index in [1.54, 1.807) is 0 Å². The molecule has 1 N–H and O–H groups in total. The van der Waals surface area contributed by atoms with Crippen LogP contribution in [0.5, 0.6) is 0 Å². The van der Waals surface area contributed by atoms with Crippen LogP contribution in [0.4, 0.5) is 0 Å². The van der Waals surface area contributed by atoms with Crippen molar-refractivity contribution < 1.29 is 0 Å². The van der Waals surface area contributed by atoms with Crippen molar-refractivity contribution in [2.24, 2.45) is 11.3 Å². The summed E-state index contributed by atoms with van der Waals surface area (Å²) in [5, 5.41) is 1.20. The number of rotatable bonds is 7. The van der Waals surface area contributed by atoms with Crippen LogP contribution >= 0.6 is 9.24 Å². The van der Waals surface area contributed by atoms with Gasteiger partial charge in [0.05, 0.1) is 6.54 Å². The second kappa shape index (κ2) is 7.50. The van der Waals surface area contributed by atoms with Gasteiger partial charge in [-0.2, -0.15) is 0 Å². The van der Waals surface area contributed by atoms with Gasteiger partial charge in [0.2, 0.25) is 0 Å². The van der Waals surface area contributed by atoms with E-state index in [9.17, 15) is 0 Å². The maximum Gasteiger partial charge on any atom is 0.137 e. The Morgan fingerprint density at radius 1 is 1.36 bits per heavy atom. The lowest BCUT2D eigenvalue weighted by atomic mass is 9.84. The first-order valence-corrected chi connectivity index (χ1v) is 10.3. The molecule has 4 heteroatoms. The number of fused-ring (bicyclic) bond motifs is 1. The highest BCUT2D eigenvalue weighted by atomic mass is 31.0. The third-order valence-electron chi connectivity index (χ3n) is 5.05. The molecule has 136 valence electrons. The number of nitrogens with one attached hydrogen (secondary N) is 1. The number of aromatic nitrogens is 2. The zero-order chi connectivity index (χ0) is 18.0. The van der Waals surface area contributed by atoms with Gasteiger partial charge in [0.25, 0.3) is 0 Å². The van der Waals surface area contributed by atoms with Crippen molar-refractivity contribution in [2.75, 3.05) is 6.54 Å². The third kappa shape index (κ3) is 4.85. The molecule has 1 aliphatic carbocycles. The van der Waals surface area contributed by atoms with E-state index in [2.05, 4.69) is 64.7 Å². The van der Waals surface area contributed by atoms with Crippen LogP contribution in [0.15, 0.2) is 30.5 Å². The summed E-state index contributed by atoms with van der Waals surface area (Å²) in [5.41, 5.74) is 4.87. The number of hydrogen-bond acceptors (Lipinski definition) is 2. The summed E-state index contributed by atoms with van der Waals surface area (Å²) in [6, 6.07) is 6.52. The second-order valence-electron chi connectivity index (χ2n) is 8.72. The van der Waals surface area contributed by atoms with E-state index in [1.807, 2.05) is 0 Å². The zero-order valence-corrected chi connectivity index (χ0v) is 17.1. The van der Waals surface area contributed by atoms with Gasteiger partial charge < -0.3 is 9.88 Å². The average molecular weight is 357 g/mol. The lowest BCUT2D eigenvalue weighted by Crippen LogP contribution is -2.32. The number of nitrogens with zero attached hydrogens (tertiary/aromatic N) is 2. The monoisotopic (exact) mass is 357 g/mol. The van der Waals surface area contributed by atoms with E-state index in [-0.39, 0.29) is 5.41 Å². The Hall–Kier alpha value is -1.34. The molecule has 1 atom stereocenters. The normalized spacial score (nSPS) is 15.4. The van der Waals surface area contributed by atoms with Crippen LogP contribution < -0.4 is 0 Å². The van der Waals surface area contributed by atoms with Crippen molar-refractivity contribution in [2.45, 2.75) is 59.2 Å². The van der Waals surface area contributed by atoms with Gasteiger partial charge in [-0.25, -0.2) is 4.98 Å². The first kappa shape index (κ1) is 18.5. The molecule has 1 aliphatic rings. The summed E-state index contributed by atoms with van der Waals surface area (Å²) in [6.45, 7) is 13.3. The standard InChI is InChI=1S/C21H32N3P/c1-15(11-21(2,3)4)24(12-16-6-5-7-16)13-19-10-17-8-9-18(14-25)22-20(17)23-19/h8-10,16H,1,5-7,11-14,25H2,2-4H3,(H,22,23). The summed E-state index contributed by atoms with van der Waals surface area (Å²) >= 11 is 0. The zero-order valence-electron chi connectivity index (χ0n) is 15.9. The molecule has 0 aromatic carbocycles. The van der Waals surface area contributed by atoms with Gasteiger partial charge in [-0.3, -0.25) is 0 Å². The van der Waals surface area contributed by atoms with Crippen molar-refractivity contribution in [3.63, 3.8) is 0 Å². The van der Waals surface area contributed by atoms with E-state index in [1.165, 1.54) is 36.0 Å². The highest BCUT2D eigenvalue weighted by molar-refractivity contribution is 7.15. The predicted octanol–water partition coefficient (Wildman–Crippen LogP) is 5.49. The number of H-pyrrole nitrogens is 1. The molecule has 3 nitrogen and oxygen atoms in total. The average Bonchev–Trinajstić information content (AvgIpc) is 2.88. The molecule has 0 amide bonds. The number of allylic oxidation sites excluding steroid dienone is 1. The second-order valence-corrected chi connectivity index (χ2v) is 9.13. The molecule has 2 aromatic heterocycles. The molecule has 1 saturated carbocycles. The molecule has 2 heterocycles. The third-order valence-corrected chi connectivity index (χ3v) is 5.47. The molecule has 1 fully saturated rings. The maximum atomic E-state index is 4.70. The minimum atomic E-state index is 0.268. The van der Waals surface area contributed by atoms with Crippen LogP contribution in [0.1, 0.15) is 57.8 Å². The highest BCUT2D eigenvalue weighted by Gasteiger charge is 2.24. The van der Waals surface area contributed by atoms with Crippen molar-refractivity contribution in [3.8, 4) is 0 Å². The predicted molar refractivity (Wildman–Crippen MR) is 110 cm³/mol. The molecule has 25 heavy (non-hydrogen) atoms. The molecular weight excluding hydrogens is 325 g/mol. The summed E-state index contributed by atoms with van der Waals surface area (Å²) in [6.07, 6.45) is 6.05. The van der Waals surface area contributed by atoms with E-state index in [0.717, 1.165) is 42.9 Å². The smallest absolute Gasteiger partial charge is 0.137 e. The van der Waals surface area contributed by atoms with Crippen molar-refractivity contribution in [3.05, 3.63) is 41.9 Å². The maximum absolute atomic E-state index is 4.70. The molecule has 0 bridgehead atoms. The van der Waals surface area contributed by atoms with Gasteiger partial charge in [0.1, 0.15) is 5.65 Å². The minimum absolute atomic E-state index is 0.268. The quantitative estimate of drug-likeness (QED) is 0.665. The fraction of sp³-hybridized carbons (Fsp3) is 0.571. The molecule has 0 spiro atoms. The van der Waals surface area contributed by atoms with Crippen molar-refractivity contribution in [1.82, 2.24) is 14.9 Å². The Morgan fingerprint density at radius 3 is 2.72 bits per heavy atom. The van der Waals surface area contributed by atoms with E-state index >= 15 is 0 Å². The summed E-state index contributed by atoms with van der Waals surface area (Å²) < 4.78 is 0. The summed E-state index contributed by atoms with van der Waals surface area (Å²) in [7, 11) is 2.74. The van der Waals surface area contributed by atoms with Crippen molar-refractivity contribution in [1.29, 1.82) is 0 Å². The molecule has 2 aromatic rings. The Balaban J connectivity index is 1.77. The number of pyridine rings is 1. The van der Waals surface area contributed by atoms with Gasteiger partial charge >= 0.3 is 0 Å². The summed E-state index contributed by atoms with van der Waals surface area (Å²) in [4.78, 5) is 10.7. The van der Waals surface area contributed by atoms with Gasteiger partial charge in [0.15, 0.2) is 0 Å². The molecule has 1 unspecified atom stereocenters. The van der Waals surface area contributed by atoms with Crippen LogP contribution in [-0.2, 0) is 12.7 Å². The molecule has 0 radical (unpaired) electrons. The lowest BCUT2D eigenvalue weighted by molar-refractivity contribution is 0.191. The van der Waals surface area contributed by atoms with Crippen LogP contribution in [0.25, 0.3) is 11.0 Å². The van der Waals surface area contributed by atoms with Gasteiger partial charge in [0, 0.05) is 35.2 Å². The molecule has 0 saturated heterocycles. The number of hydrogen-bond donors (Lipinski definition) is 1. The van der Waals surface area contributed by atoms with Crippen LogP contribution in [0.3, 0.4) is 0 Å². The first-order valence-electron chi connectivity index (χ1n) is 9.44. The number of aromatic amines is 1. The fourth-order valence-corrected chi connectivity index (χ4v) is 3.75. The fourth-order valence-electron chi connectivity index (χ4n) is 3.52. The van der Waals surface area contributed by atoms with Gasteiger partial charge in [-0.1, -0.05) is 33.8 Å². The van der Waals surface area contributed by atoms with Gasteiger partial charge in [-0.15, -0.1) is 9.24 Å². The SMILES string of the molecule is C=C(CC(C)(C)C)N(Cc1cc2ccc(CP)nc2[nH]1)CC1CCC1. The molecular formula is C21H32N3P. The Morgan fingerprint density at radius 2 is 2.12 bits per heavy atom. The topological polar surface area (TPSA) is 31.9 Å². The molecule has 0 aliphatic heterocycles. The van der Waals surface area contributed by atoms with Crippen LogP contribution in [0.2, 0.25) is 0 Å². The Kier molecular flexibility index (Phi) is 5.53. The minimum Gasteiger partial charge on any atom is -0.369 e. The highest BCUT2D eigenvalue weighted by Crippen LogP contribution is 2.32. The van der Waals surface area contributed by atoms with E-state index < -0.39 is 0 Å². The van der Waals surface area contributed by atoms with Crippen molar-refractivity contribution >= 4 is 20.3 Å². The Labute approximate surface area is 154 Å². The largest absolute Gasteiger partial charge is 0.369 e. The van der Waals surface area contributed by atoms with Crippen LogP contribution in [0, 0.1) is 11.3 Å². The first-order chi connectivity index (χ1) is 11.8. The van der Waals surface area contributed by atoms with E-state index in [0.29, 0.717) is 0 Å². The van der Waals surface area contributed by atoms with Gasteiger partial charge in [-0.05, 0) is 48.8 Å².